The summed E-state index contributed by atoms with van der Waals surface area (Å²) in [5.41, 5.74) is 0. The molecule has 16 heavy (non-hydrogen) atoms. The van der Waals surface area contributed by atoms with E-state index in [1.807, 2.05) is 0 Å². The SMILES string of the molecule is CCOC(=O)C(=O)c1ccc(C=CCO)s1. The lowest BCUT2D eigenvalue weighted by molar-refractivity contribution is -0.137. The molecule has 0 aliphatic rings. The number of aliphatic hydroxyl groups is 1. The number of esters is 1. The molecule has 0 amide bonds. The van der Waals surface area contributed by atoms with Gasteiger partial charge in [0.05, 0.1) is 18.1 Å². The van der Waals surface area contributed by atoms with Crippen molar-refractivity contribution in [2.24, 2.45) is 0 Å². The number of thiophene rings is 1. The van der Waals surface area contributed by atoms with Crippen LogP contribution in [0.2, 0.25) is 0 Å². The van der Waals surface area contributed by atoms with Crippen LogP contribution in [0.25, 0.3) is 6.08 Å². The predicted molar refractivity (Wildman–Crippen MR) is 61.4 cm³/mol. The van der Waals surface area contributed by atoms with Crippen LogP contribution in [0.3, 0.4) is 0 Å². The highest BCUT2D eigenvalue weighted by Crippen LogP contribution is 2.18. The number of rotatable bonds is 5. The summed E-state index contributed by atoms with van der Waals surface area (Å²) in [4.78, 5) is 23.8. The fourth-order valence-electron chi connectivity index (χ4n) is 1.03. The van der Waals surface area contributed by atoms with E-state index in [-0.39, 0.29) is 13.2 Å². The average Bonchev–Trinajstić information content (AvgIpc) is 2.74. The summed E-state index contributed by atoms with van der Waals surface area (Å²) in [6.45, 7) is 1.78. The van der Waals surface area contributed by atoms with Crippen LogP contribution in [-0.2, 0) is 9.53 Å². The first-order valence-electron chi connectivity index (χ1n) is 4.77. The van der Waals surface area contributed by atoms with E-state index in [4.69, 9.17) is 5.11 Å². The topological polar surface area (TPSA) is 63.6 Å². The van der Waals surface area contributed by atoms with E-state index in [1.54, 1.807) is 31.2 Å². The van der Waals surface area contributed by atoms with Gasteiger partial charge in [-0.15, -0.1) is 11.3 Å². The maximum atomic E-state index is 11.5. The Labute approximate surface area is 97.2 Å². The third kappa shape index (κ3) is 3.29. The summed E-state index contributed by atoms with van der Waals surface area (Å²) >= 11 is 1.19. The Morgan fingerprint density at radius 2 is 2.25 bits per heavy atom. The molecule has 5 heteroatoms. The second-order valence-corrected chi connectivity index (χ2v) is 3.95. The fourth-order valence-corrected chi connectivity index (χ4v) is 1.90. The summed E-state index contributed by atoms with van der Waals surface area (Å²) in [6.07, 6.45) is 3.25. The van der Waals surface area contributed by atoms with Gasteiger partial charge in [0.1, 0.15) is 0 Å². The Morgan fingerprint density at radius 3 is 2.88 bits per heavy atom. The van der Waals surface area contributed by atoms with Crippen LogP contribution in [0, 0.1) is 0 Å². The summed E-state index contributed by atoms with van der Waals surface area (Å²) in [6, 6.07) is 3.28. The van der Waals surface area contributed by atoms with Gasteiger partial charge in [-0.2, -0.15) is 0 Å². The van der Waals surface area contributed by atoms with Crippen LogP contribution in [-0.4, -0.2) is 30.1 Å². The van der Waals surface area contributed by atoms with Gasteiger partial charge in [0.25, 0.3) is 5.78 Å². The van der Waals surface area contributed by atoms with Gasteiger partial charge in [-0.3, -0.25) is 4.79 Å². The molecule has 1 aromatic heterocycles. The van der Waals surface area contributed by atoms with Crippen molar-refractivity contribution in [2.45, 2.75) is 6.92 Å². The summed E-state index contributed by atoms with van der Waals surface area (Å²) in [5, 5.41) is 8.58. The molecule has 0 aliphatic heterocycles. The lowest BCUT2D eigenvalue weighted by Gasteiger charge is -1.97. The lowest BCUT2D eigenvalue weighted by atomic mass is 10.3. The van der Waals surface area contributed by atoms with E-state index in [0.29, 0.717) is 4.88 Å². The average molecular weight is 240 g/mol. The number of hydrogen-bond donors (Lipinski definition) is 1. The number of carbonyl (C=O) groups excluding carboxylic acids is 2. The molecular formula is C11H12O4S. The van der Waals surface area contributed by atoms with Crippen LogP contribution in [0.15, 0.2) is 18.2 Å². The van der Waals surface area contributed by atoms with E-state index in [9.17, 15) is 9.59 Å². The van der Waals surface area contributed by atoms with Crippen LogP contribution in [0.5, 0.6) is 0 Å². The molecule has 4 nitrogen and oxygen atoms in total. The van der Waals surface area contributed by atoms with E-state index >= 15 is 0 Å². The smallest absolute Gasteiger partial charge is 0.380 e. The molecule has 0 radical (unpaired) electrons. The van der Waals surface area contributed by atoms with E-state index in [0.717, 1.165) is 4.88 Å². The highest BCUT2D eigenvalue weighted by molar-refractivity contribution is 7.15. The van der Waals surface area contributed by atoms with Gasteiger partial charge >= 0.3 is 5.97 Å². The number of carbonyl (C=O) groups is 2. The molecule has 0 unspecified atom stereocenters. The molecule has 1 heterocycles. The monoisotopic (exact) mass is 240 g/mol. The summed E-state index contributed by atoms with van der Waals surface area (Å²) < 4.78 is 4.61. The second-order valence-electron chi connectivity index (χ2n) is 2.84. The van der Waals surface area contributed by atoms with Crippen LogP contribution >= 0.6 is 11.3 Å². The first-order chi connectivity index (χ1) is 7.69. The van der Waals surface area contributed by atoms with Gasteiger partial charge in [-0.25, -0.2) is 4.79 Å². The fraction of sp³-hybridized carbons (Fsp3) is 0.273. The van der Waals surface area contributed by atoms with Crippen molar-refractivity contribution >= 4 is 29.2 Å². The van der Waals surface area contributed by atoms with Crippen molar-refractivity contribution in [1.82, 2.24) is 0 Å². The van der Waals surface area contributed by atoms with Crippen molar-refractivity contribution in [2.75, 3.05) is 13.2 Å². The Hall–Kier alpha value is -1.46. The molecule has 0 fully saturated rings. The predicted octanol–water partition coefficient (Wildman–Crippen LogP) is 1.50. The number of hydrogen-bond acceptors (Lipinski definition) is 5. The van der Waals surface area contributed by atoms with Gasteiger partial charge in [0, 0.05) is 4.88 Å². The van der Waals surface area contributed by atoms with Gasteiger partial charge < -0.3 is 9.84 Å². The standard InChI is InChI=1S/C11H12O4S/c1-2-15-11(14)10(13)9-6-5-8(16-9)4-3-7-12/h3-6,12H,2,7H2,1H3. The Bertz CT molecular complexity index is 406. The third-order valence-corrected chi connectivity index (χ3v) is 2.75. The maximum Gasteiger partial charge on any atom is 0.380 e. The molecule has 0 aliphatic carbocycles. The molecular weight excluding hydrogens is 228 g/mol. The molecule has 1 rings (SSSR count). The molecule has 1 N–H and O–H groups in total. The third-order valence-electron chi connectivity index (χ3n) is 1.70. The van der Waals surface area contributed by atoms with E-state index in [1.165, 1.54) is 11.3 Å². The first kappa shape index (κ1) is 12.6. The lowest BCUT2D eigenvalue weighted by Crippen LogP contribution is -2.16. The number of aliphatic hydroxyl groups excluding tert-OH is 1. The van der Waals surface area contributed by atoms with Crippen molar-refractivity contribution in [1.29, 1.82) is 0 Å². The number of Topliss-reactive ketones (excluding diaryl/α,β-unsaturated/α-hetero) is 1. The Kier molecular flexibility index (Phi) is 4.88. The van der Waals surface area contributed by atoms with Crippen molar-refractivity contribution in [3.63, 3.8) is 0 Å². The molecule has 0 saturated carbocycles. The molecule has 0 spiro atoms. The molecule has 1 aromatic rings. The zero-order chi connectivity index (χ0) is 12.0. The van der Waals surface area contributed by atoms with Crippen LogP contribution in [0.1, 0.15) is 21.5 Å². The van der Waals surface area contributed by atoms with Gasteiger partial charge in [-0.05, 0) is 25.1 Å². The molecule has 0 bridgehead atoms. The minimum Gasteiger partial charge on any atom is -0.460 e. The Balaban J connectivity index is 2.74. The minimum atomic E-state index is -0.831. The van der Waals surface area contributed by atoms with Gasteiger partial charge in [0.2, 0.25) is 0 Å². The van der Waals surface area contributed by atoms with Crippen molar-refractivity contribution in [3.8, 4) is 0 Å². The zero-order valence-corrected chi connectivity index (χ0v) is 9.62. The molecule has 0 saturated heterocycles. The van der Waals surface area contributed by atoms with Gasteiger partial charge in [0.15, 0.2) is 0 Å². The highest BCUT2D eigenvalue weighted by atomic mass is 32.1. The number of ether oxygens (including phenoxy) is 1. The maximum absolute atomic E-state index is 11.5. The highest BCUT2D eigenvalue weighted by Gasteiger charge is 2.18. The van der Waals surface area contributed by atoms with Crippen LogP contribution < -0.4 is 0 Å². The van der Waals surface area contributed by atoms with Crippen molar-refractivity contribution in [3.05, 3.63) is 28.0 Å². The minimum absolute atomic E-state index is 0.0565. The quantitative estimate of drug-likeness (QED) is 0.481. The number of ketones is 1. The summed E-state index contributed by atoms with van der Waals surface area (Å²) in [5.74, 6) is -1.46. The van der Waals surface area contributed by atoms with Crippen LogP contribution in [0.4, 0.5) is 0 Å². The largest absolute Gasteiger partial charge is 0.460 e. The molecule has 86 valence electrons. The van der Waals surface area contributed by atoms with Crippen molar-refractivity contribution < 1.29 is 19.4 Å². The summed E-state index contributed by atoms with van der Waals surface area (Å²) in [7, 11) is 0. The van der Waals surface area contributed by atoms with E-state index < -0.39 is 11.8 Å². The zero-order valence-electron chi connectivity index (χ0n) is 8.80. The Morgan fingerprint density at radius 1 is 1.50 bits per heavy atom. The molecule has 0 atom stereocenters. The van der Waals surface area contributed by atoms with E-state index in [2.05, 4.69) is 4.74 Å². The van der Waals surface area contributed by atoms with Gasteiger partial charge in [-0.1, -0.05) is 6.08 Å². The molecule has 0 aromatic carbocycles. The second kappa shape index (κ2) is 6.19. The normalized spacial score (nSPS) is 10.6. The first-order valence-corrected chi connectivity index (χ1v) is 5.59.